The lowest BCUT2D eigenvalue weighted by Crippen LogP contribution is -2.28. The van der Waals surface area contributed by atoms with Crippen LogP contribution in [0.5, 0.6) is 0 Å². The third-order valence-electron chi connectivity index (χ3n) is 2.22. The molecular weight excluding hydrogens is 288 g/mol. The molecule has 0 bridgehead atoms. The van der Waals surface area contributed by atoms with Crippen molar-refractivity contribution in [1.29, 1.82) is 0 Å². The number of hydrogen-bond donors (Lipinski definition) is 2. The van der Waals surface area contributed by atoms with Crippen molar-refractivity contribution in [2.24, 2.45) is 5.73 Å². The van der Waals surface area contributed by atoms with E-state index in [9.17, 15) is 26.0 Å². The molecule has 0 radical (unpaired) electrons. The second-order valence-electron chi connectivity index (χ2n) is 3.73. The van der Waals surface area contributed by atoms with Gasteiger partial charge >= 0.3 is 6.18 Å². The highest BCUT2D eigenvalue weighted by Crippen LogP contribution is 2.20. The van der Waals surface area contributed by atoms with Gasteiger partial charge in [-0.3, -0.25) is 0 Å². The molecule has 0 aliphatic heterocycles. The molecule has 0 unspecified atom stereocenters. The average molecular weight is 300 g/mol. The van der Waals surface area contributed by atoms with Gasteiger partial charge in [0.2, 0.25) is 10.0 Å². The van der Waals surface area contributed by atoms with E-state index in [0.29, 0.717) is 5.56 Å². The molecule has 1 rings (SSSR count). The molecule has 1 aromatic rings. The van der Waals surface area contributed by atoms with Crippen LogP contribution in [0.15, 0.2) is 23.1 Å². The van der Waals surface area contributed by atoms with Crippen LogP contribution in [0.2, 0.25) is 0 Å². The minimum atomic E-state index is -4.49. The van der Waals surface area contributed by atoms with Gasteiger partial charge < -0.3 is 5.73 Å². The van der Waals surface area contributed by atoms with Crippen molar-refractivity contribution in [3.05, 3.63) is 29.6 Å². The number of nitrogens with two attached hydrogens (primary N) is 1. The van der Waals surface area contributed by atoms with Crippen LogP contribution in [0.25, 0.3) is 0 Å². The Morgan fingerprint density at radius 2 is 1.89 bits per heavy atom. The predicted octanol–water partition coefficient (Wildman–Crippen LogP) is 1.52. The standard InChI is InChI=1S/C10H12F4N2O2S/c11-8-2-1-7(6-15)5-9(8)19(17,18)16-4-3-10(12,13)14/h1-2,5,16H,3-4,6,15H2. The molecule has 1 aromatic carbocycles. The first-order valence-corrected chi connectivity index (χ1v) is 6.69. The van der Waals surface area contributed by atoms with Crippen LogP contribution in [0, 0.1) is 5.82 Å². The number of halogens is 4. The first kappa shape index (κ1) is 15.9. The maximum absolute atomic E-state index is 13.4. The van der Waals surface area contributed by atoms with Crippen LogP contribution in [0.1, 0.15) is 12.0 Å². The summed E-state index contributed by atoms with van der Waals surface area (Å²) in [5.41, 5.74) is 5.64. The molecule has 4 nitrogen and oxygen atoms in total. The molecule has 0 amide bonds. The van der Waals surface area contributed by atoms with Crippen molar-refractivity contribution in [2.75, 3.05) is 6.54 Å². The van der Waals surface area contributed by atoms with E-state index in [1.54, 1.807) is 4.72 Å². The van der Waals surface area contributed by atoms with Gasteiger partial charge in [0.25, 0.3) is 0 Å². The summed E-state index contributed by atoms with van der Waals surface area (Å²) in [6.07, 6.45) is -5.81. The minimum Gasteiger partial charge on any atom is -0.326 e. The SMILES string of the molecule is NCc1ccc(F)c(S(=O)(=O)NCCC(F)(F)F)c1. The summed E-state index contributed by atoms with van der Waals surface area (Å²) in [4.78, 5) is -0.711. The fraction of sp³-hybridized carbons (Fsp3) is 0.400. The van der Waals surface area contributed by atoms with Gasteiger partial charge in [0.05, 0.1) is 6.42 Å². The lowest BCUT2D eigenvalue weighted by Gasteiger charge is -2.10. The van der Waals surface area contributed by atoms with Crippen molar-refractivity contribution in [3.8, 4) is 0 Å². The van der Waals surface area contributed by atoms with E-state index in [2.05, 4.69) is 0 Å². The maximum atomic E-state index is 13.4. The number of benzene rings is 1. The Kier molecular flexibility index (Phi) is 4.88. The summed E-state index contributed by atoms with van der Waals surface area (Å²) in [5, 5.41) is 0. The number of sulfonamides is 1. The summed E-state index contributed by atoms with van der Waals surface area (Å²) < 4.78 is 74.1. The molecule has 0 spiro atoms. The zero-order valence-electron chi connectivity index (χ0n) is 9.67. The van der Waals surface area contributed by atoms with Gasteiger partial charge in [0.15, 0.2) is 0 Å². The fourth-order valence-corrected chi connectivity index (χ4v) is 2.44. The van der Waals surface area contributed by atoms with Crippen LogP contribution < -0.4 is 10.5 Å². The van der Waals surface area contributed by atoms with Gasteiger partial charge in [-0.2, -0.15) is 13.2 Å². The second kappa shape index (κ2) is 5.85. The van der Waals surface area contributed by atoms with E-state index < -0.39 is 39.9 Å². The minimum absolute atomic E-state index is 0.00858. The van der Waals surface area contributed by atoms with Crippen LogP contribution in [-0.2, 0) is 16.6 Å². The normalized spacial score (nSPS) is 12.7. The number of nitrogens with one attached hydrogen (secondary N) is 1. The Morgan fingerprint density at radius 3 is 2.42 bits per heavy atom. The highest BCUT2D eigenvalue weighted by Gasteiger charge is 2.28. The second-order valence-corrected chi connectivity index (χ2v) is 5.47. The van der Waals surface area contributed by atoms with Crippen molar-refractivity contribution in [3.63, 3.8) is 0 Å². The Balaban J connectivity index is 2.88. The van der Waals surface area contributed by atoms with Gasteiger partial charge in [0, 0.05) is 13.1 Å². The Bertz CT molecular complexity index is 543. The van der Waals surface area contributed by atoms with Gasteiger partial charge in [-0.05, 0) is 17.7 Å². The van der Waals surface area contributed by atoms with Crippen molar-refractivity contribution < 1.29 is 26.0 Å². The quantitative estimate of drug-likeness (QED) is 0.810. The smallest absolute Gasteiger partial charge is 0.326 e. The molecule has 3 N–H and O–H groups in total. The van der Waals surface area contributed by atoms with Crippen molar-refractivity contribution in [2.45, 2.75) is 24.0 Å². The summed E-state index contributed by atoms with van der Waals surface area (Å²) >= 11 is 0. The molecule has 0 aliphatic rings. The first-order chi connectivity index (χ1) is 8.65. The van der Waals surface area contributed by atoms with Gasteiger partial charge in [-0.1, -0.05) is 6.07 Å². The molecule has 0 atom stereocenters. The van der Waals surface area contributed by atoms with E-state index in [4.69, 9.17) is 5.73 Å². The molecule has 9 heteroatoms. The van der Waals surface area contributed by atoms with Crippen molar-refractivity contribution in [1.82, 2.24) is 4.72 Å². The Hall–Kier alpha value is -1.19. The molecule has 0 saturated heterocycles. The summed E-state index contributed by atoms with van der Waals surface area (Å²) in [7, 11) is -4.33. The number of alkyl halides is 3. The number of hydrogen-bond acceptors (Lipinski definition) is 3. The highest BCUT2D eigenvalue weighted by molar-refractivity contribution is 7.89. The van der Waals surface area contributed by atoms with Crippen LogP contribution in [0.4, 0.5) is 17.6 Å². The summed E-state index contributed by atoms with van der Waals surface area (Å²) in [5.74, 6) is -1.04. The van der Waals surface area contributed by atoms with Gasteiger partial charge in [0.1, 0.15) is 10.7 Å². The van der Waals surface area contributed by atoms with Crippen molar-refractivity contribution >= 4 is 10.0 Å². The highest BCUT2D eigenvalue weighted by atomic mass is 32.2. The largest absolute Gasteiger partial charge is 0.390 e. The Morgan fingerprint density at radius 1 is 1.26 bits per heavy atom. The monoisotopic (exact) mass is 300 g/mol. The van der Waals surface area contributed by atoms with Crippen LogP contribution in [-0.4, -0.2) is 21.1 Å². The fourth-order valence-electron chi connectivity index (χ4n) is 1.29. The molecule has 0 heterocycles. The van der Waals surface area contributed by atoms with Gasteiger partial charge in [-0.15, -0.1) is 0 Å². The van der Waals surface area contributed by atoms with Gasteiger partial charge in [-0.25, -0.2) is 17.5 Å². The predicted molar refractivity (Wildman–Crippen MR) is 60.2 cm³/mol. The summed E-state index contributed by atoms with van der Waals surface area (Å²) in [6.45, 7) is -0.858. The molecule has 19 heavy (non-hydrogen) atoms. The van der Waals surface area contributed by atoms with Crippen LogP contribution in [0.3, 0.4) is 0 Å². The Labute approximate surface area is 107 Å². The lowest BCUT2D eigenvalue weighted by atomic mass is 10.2. The van der Waals surface area contributed by atoms with E-state index in [0.717, 1.165) is 12.1 Å². The van der Waals surface area contributed by atoms with Crippen LogP contribution >= 0.6 is 0 Å². The molecular formula is C10H12F4N2O2S. The average Bonchev–Trinajstić information content (AvgIpc) is 2.27. The van der Waals surface area contributed by atoms with E-state index in [1.165, 1.54) is 6.07 Å². The molecule has 0 aromatic heterocycles. The zero-order valence-corrected chi connectivity index (χ0v) is 10.5. The lowest BCUT2D eigenvalue weighted by molar-refractivity contribution is -0.132. The third kappa shape index (κ3) is 4.77. The third-order valence-corrected chi connectivity index (χ3v) is 3.70. The molecule has 0 aliphatic carbocycles. The topological polar surface area (TPSA) is 72.2 Å². The van der Waals surface area contributed by atoms with E-state index in [-0.39, 0.29) is 6.54 Å². The zero-order chi connectivity index (χ0) is 14.7. The van der Waals surface area contributed by atoms with E-state index in [1.807, 2.05) is 0 Å². The van der Waals surface area contributed by atoms with E-state index >= 15 is 0 Å². The maximum Gasteiger partial charge on any atom is 0.390 e. The molecule has 0 saturated carbocycles. The summed E-state index contributed by atoms with van der Waals surface area (Å²) in [6, 6.07) is 3.19. The molecule has 0 fully saturated rings. The number of rotatable bonds is 5. The molecule has 108 valence electrons. The first-order valence-electron chi connectivity index (χ1n) is 5.20.